The highest BCUT2D eigenvalue weighted by Crippen LogP contribution is 2.32. The van der Waals surface area contributed by atoms with E-state index in [1.54, 1.807) is 6.33 Å². The molecule has 1 N–H and O–H groups in total. The zero-order valence-electron chi connectivity index (χ0n) is 14.2. The average Bonchev–Trinajstić information content (AvgIpc) is 3.19. The summed E-state index contributed by atoms with van der Waals surface area (Å²) in [7, 11) is 0. The Morgan fingerprint density at radius 1 is 1.30 bits per heavy atom. The van der Waals surface area contributed by atoms with E-state index in [1.165, 1.54) is 12.8 Å². The van der Waals surface area contributed by atoms with Gasteiger partial charge in [0, 0.05) is 37.3 Å². The highest BCUT2D eigenvalue weighted by Gasteiger charge is 2.29. The van der Waals surface area contributed by atoms with Crippen molar-refractivity contribution >= 4 is 11.9 Å². The molecular weight excluding hydrogens is 292 g/mol. The second kappa shape index (κ2) is 6.34. The molecule has 6 nitrogen and oxygen atoms in total. The minimum atomic E-state index is -0.450. The van der Waals surface area contributed by atoms with Crippen LogP contribution in [0, 0.1) is 11.8 Å². The fraction of sp³-hybridized carbons (Fsp3) is 0.706. The molecule has 0 radical (unpaired) electrons. The second-order valence-corrected chi connectivity index (χ2v) is 7.67. The molecule has 1 aromatic heterocycles. The summed E-state index contributed by atoms with van der Waals surface area (Å²) in [5.41, 5.74) is 0.696. The molecular formula is C17H26N4O2. The summed E-state index contributed by atoms with van der Waals surface area (Å²) in [6.07, 6.45) is 5.07. The number of nitrogens with one attached hydrogen (secondary N) is 1. The van der Waals surface area contributed by atoms with E-state index >= 15 is 0 Å². The molecule has 126 valence electrons. The van der Waals surface area contributed by atoms with Gasteiger partial charge < -0.3 is 15.0 Å². The normalized spacial score (nSPS) is 18.5. The lowest BCUT2D eigenvalue weighted by atomic mass is 10.0. The van der Waals surface area contributed by atoms with Gasteiger partial charge in [0.25, 0.3) is 0 Å². The molecule has 0 spiro atoms. The van der Waals surface area contributed by atoms with Crippen molar-refractivity contribution in [2.75, 3.05) is 24.5 Å². The molecule has 1 aliphatic heterocycles. The fourth-order valence-corrected chi connectivity index (χ4v) is 2.72. The van der Waals surface area contributed by atoms with Gasteiger partial charge in [-0.05, 0) is 46.0 Å². The summed E-state index contributed by atoms with van der Waals surface area (Å²) in [6, 6.07) is 2.11. The quantitative estimate of drug-likeness (QED) is 0.903. The molecule has 1 saturated heterocycles. The topological polar surface area (TPSA) is 67.3 Å². The number of carbonyl (C=O) groups excluding carboxylic acids is 1. The van der Waals surface area contributed by atoms with Crippen molar-refractivity contribution in [3.05, 3.63) is 18.1 Å². The number of carbonyl (C=O) groups is 1. The molecule has 23 heavy (non-hydrogen) atoms. The smallest absolute Gasteiger partial charge is 0.407 e. The van der Waals surface area contributed by atoms with Crippen LogP contribution in [0.1, 0.15) is 39.3 Å². The van der Waals surface area contributed by atoms with E-state index in [2.05, 4.69) is 26.3 Å². The zero-order chi connectivity index (χ0) is 16.4. The fourth-order valence-electron chi connectivity index (χ4n) is 2.72. The molecule has 1 saturated carbocycles. The van der Waals surface area contributed by atoms with E-state index in [9.17, 15) is 4.79 Å². The van der Waals surface area contributed by atoms with Gasteiger partial charge in [-0.2, -0.15) is 0 Å². The third-order valence-corrected chi connectivity index (χ3v) is 4.12. The predicted molar refractivity (Wildman–Crippen MR) is 88.4 cm³/mol. The lowest BCUT2D eigenvalue weighted by molar-refractivity contribution is 0.0516. The zero-order valence-corrected chi connectivity index (χ0v) is 14.2. The Balaban J connectivity index is 1.41. The molecule has 1 aromatic rings. The summed E-state index contributed by atoms with van der Waals surface area (Å²) < 4.78 is 5.24. The van der Waals surface area contributed by atoms with Gasteiger partial charge in [0.2, 0.25) is 0 Å². The molecule has 0 atom stereocenters. The van der Waals surface area contributed by atoms with Gasteiger partial charge in [0.15, 0.2) is 0 Å². The van der Waals surface area contributed by atoms with E-state index in [0.717, 1.165) is 36.9 Å². The number of nitrogens with zero attached hydrogens (tertiary/aromatic N) is 3. The molecule has 2 heterocycles. The summed E-state index contributed by atoms with van der Waals surface area (Å²) >= 11 is 0. The number of hydrogen-bond acceptors (Lipinski definition) is 5. The van der Waals surface area contributed by atoms with Gasteiger partial charge >= 0.3 is 6.09 Å². The standard InChI is InChI=1S/C17H26N4O2/c1-17(2,3)23-16(22)18-8-13-9-21(10-13)15-7-14(19-11-20-15)6-12-4-5-12/h7,11-13H,4-6,8-10H2,1-3H3,(H,18,22). The minimum absolute atomic E-state index is 0.343. The number of alkyl carbamates (subject to hydrolysis) is 1. The van der Waals surface area contributed by atoms with Gasteiger partial charge in [-0.1, -0.05) is 0 Å². The van der Waals surface area contributed by atoms with Crippen LogP contribution in [0.3, 0.4) is 0 Å². The van der Waals surface area contributed by atoms with Crippen LogP contribution >= 0.6 is 0 Å². The SMILES string of the molecule is CC(C)(C)OC(=O)NCC1CN(c2cc(CC3CC3)ncn2)C1. The van der Waals surface area contributed by atoms with E-state index in [4.69, 9.17) is 4.74 Å². The number of ether oxygens (including phenoxy) is 1. The Morgan fingerprint density at radius 3 is 2.70 bits per heavy atom. The first-order valence-electron chi connectivity index (χ1n) is 8.42. The van der Waals surface area contributed by atoms with Crippen molar-refractivity contribution in [2.45, 2.75) is 45.6 Å². The first-order chi connectivity index (χ1) is 10.9. The highest BCUT2D eigenvalue weighted by atomic mass is 16.6. The number of amides is 1. The number of aromatic nitrogens is 2. The predicted octanol–water partition coefficient (Wildman–Crippen LogP) is 2.39. The van der Waals surface area contributed by atoms with Crippen LogP contribution in [0.4, 0.5) is 10.6 Å². The van der Waals surface area contributed by atoms with E-state index < -0.39 is 5.60 Å². The molecule has 2 fully saturated rings. The summed E-state index contributed by atoms with van der Waals surface area (Å²) in [5, 5.41) is 2.84. The largest absolute Gasteiger partial charge is 0.444 e. The average molecular weight is 318 g/mol. The van der Waals surface area contributed by atoms with Gasteiger partial charge in [-0.25, -0.2) is 14.8 Å². The van der Waals surface area contributed by atoms with Crippen molar-refractivity contribution in [1.82, 2.24) is 15.3 Å². The maximum absolute atomic E-state index is 11.6. The molecule has 1 aliphatic carbocycles. The van der Waals surface area contributed by atoms with Crippen LogP contribution in [-0.4, -0.2) is 41.3 Å². The van der Waals surface area contributed by atoms with Crippen molar-refractivity contribution in [1.29, 1.82) is 0 Å². The van der Waals surface area contributed by atoms with Gasteiger partial charge in [-0.3, -0.25) is 0 Å². The third kappa shape index (κ3) is 4.81. The number of rotatable bonds is 5. The van der Waals surface area contributed by atoms with Crippen LogP contribution < -0.4 is 10.2 Å². The molecule has 0 unspecified atom stereocenters. The van der Waals surface area contributed by atoms with E-state index in [0.29, 0.717) is 12.5 Å². The summed E-state index contributed by atoms with van der Waals surface area (Å²) in [5.74, 6) is 2.29. The second-order valence-electron chi connectivity index (χ2n) is 7.67. The highest BCUT2D eigenvalue weighted by molar-refractivity contribution is 5.67. The summed E-state index contributed by atoms with van der Waals surface area (Å²) in [4.78, 5) is 22.6. The Bertz CT molecular complexity index is 560. The number of hydrogen-bond donors (Lipinski definition) is 1. The van der Waals surface area contributed by atoms with Crippen LogP contribution in [0.2, 0.25) is 0 Å². The Kier molecular flexibility index (Phi) is 4.41. The van der Waals surface area contributed by atoms with Gasteiger partial charge in [-0.15, -0.1) is 0 Å². The molecule has 0 aromatic carbocycles. The van der Waals surface area contributed by atoms with Crippen molar-refractivity contribution in [3.63, 3.8) is 0 Å². The van der Waals surface area contributed by atoms with Crippen molar-refractivity contribution in [2.24, 2.45) is 11.8 Å². The van der Waals surface area contributed by atoms with Crippen molar-refractivity contribution < 1.29 is 9.53 Å². The Labute approximate surface area is 137 Å². The molecule has 1 amide bonds. The van der Waals surface area contributed by atoms with E-state index in [-0.39, 0.29) is 6.09 Å². The molecule has 2 aliphatic rings. The lowest BCUT2D eigenvalue weighted by Gasteiger charge is -2.40. The summed E-state index contributed by atoms with van der Waals surface area (Å²) in [6.45, 7) is 8.07. The third-order valence-electron chi connectivity index (χ3n) is 4.12. The van der Waals surface area contributed by atoms with Crippen LogP contribution in [-0.2, 0) is 11.2 Å². The monoisotopic (exact) mass is 318 g/mol. The first kappa shape index (κ1) is 16.0. The van der Waals surface area contributed by atoms with Crippen LogP contribution in [0.15, 0.2) is 12.4 Å². The maximum atomic E-state index is 11.6. The Morgan fingerprint density at radius 2 is 2.04 bits per heavy atom. The number of anilines is 1. The minimum Gasteiger partial charge on any atom is -0.444 e. The molecule has 6 heteroatoms. The van der Waals surface area contributed by atoms with Crippen LogP contribution in [0.25, 0.3) is 0 Å². The van der Waals surface area contributed by atoms with Crippen LogP contribution in [0.5, 0.6) is 0 Å². The van der Waals surface area contributed by atoms with E-state index in [1.807, 2.05) is 20.8 Å². The molecule has 3 rings (SSSR count). The lowest BCUT2D eigenvalue weighted by Crippen LogP contribution is -2.52. The van der Waals surface area contributed by atoms with Gasteiger partial charge in [0.1, 0.15) is 17.7 Å². The van der Waals surface area contributed by atoms with Gasteiger partial charge in [0.05, 0.1) is 0 Å². The molecule has 0 bridgehead atoms. The van der Waals surface area contributed by atoms with Crippen molar-refractivity contribution in [3.8, 4) is 0 Å². The maximum Gasteiger partial charge on any atom is 0.407 e. The first-order valence-corrected chi connectivity index (χ1v) is 8.42. The Hall–Kier alpha value is -1.85.